The van der Waals surface area contributed by atoms with Crippen LogP contribution in [-0.2, 0) is 6.42 Å². The zero-order valence-electron chi connectivity index (χ0n) is 17.1. The normalized spacial score (nSPS) is 18.6. The number of allylic oxidation sites excluding steroid dienone is 3. The van der Waals surface area contributed by atoms with Gasteiger partial charge in [-0.2, -0.15) is 0 Å². The van der Waals surface area contributed by atoms with E-state index >= 15 is 0 Å². The minimum Gasteiger partial charge on any atom is -0.472 e. The van der Waals surface area contributed by atoms with Gasteiger partial charge in [-0.25, -0.2) is 0 Å². The van der Waals surface area contributed by atoms with E-state index in [4.69, 9.17) is 8.83 Å². The van der Waals surface area contributed by atoms with Crippen LogP contribution in [0.15, 0.2) is 63.7 Å². The van der Waals surface area contributed by atoms with Gasteiger partial charge in [-0.3, -0.25) is 0 Å². The Morgan fingerprint density at radius 1 is 1.18 bits per heavy atom. The van der Waals surface area contributed by atoms with Crippen LogP contribution in [0, 0.1) is 5.92 Å². The van der Waals surface area contributed by atoms with Gasteiger partial charge in [-0.15, -0.1) is 23.5 Å². The summed E-state index contributed by atoms with van der Waals surface area (Å²) in [6.45, 7) is 4.71. The molecule has 0 aromatic carbocycles. The molecule has 4 heteroatoms. The first-order chi connectivity index (χ1) is 13.7. The molecule has 0 unspecified atom stereocenters. The number of hydrogen-bond donors (Lipinski definition) is 0. The lowest BCUT2D eigenvalue weighted by Gasteiger charge is -2.38. The summed E-state index contributed by atoms with van der Waals surface area (Å²) < 4.78 is 10.7. The van der Waals surface area contributed by atoms with Crippen LogP contribution in [0.4, 0.5) is 0 Å². The summed E-state index contributed by atoms with van der Waals surface area (Å²) in [4.78, 5) is 0. The third-order valence-electron chi connectivity index (χ3n) is 5.12. The molecule has 3 rings (SSSR count). The zero-order chi connectivity index (χ0) is 19.7. The van der Waals surface area contributed by atoms with Gasteiger partial charge in [0.1, 0.15) is 0 Å². The molecule has 1 saturated heterocycles. The average molecular weight is 417 g/mol. The minimum atomic E-state index is 0.345. The van der Waals surface area contributed by atoms with Crippen LogP contribution in [0.5, 0.6) is 0 Å². The molecule has 2 aromatic rings. The van der Waals surface area contributed by atoms with Crippen LogP contribution in [-0.4, -0.2) is 15.6 Å². The molecule has 1 aliphatic heterocycles. The second-order valence-electron chi connectivity index (χ2n) is 7.86. The fourth-order valence-electron chi connectivity index (χ4n) is 3.75. The smallest absolute Gasteiger partial charge is 0.0974 e. The molecule has 0 N–H and O–H groups in total. The molecule has 1 aliphatic rings. The van der Waals surface area contributed by atoms with Gasteiger partial charge < -0.3 is 8.83 Å². The standard InChI is InChI=1S/C24H32O2S2/c1-20(6-3-8-22-10-12-25-18-22)16-24(27-14-5-15-28-24)17-21(2)7-4-9-23-11-13-26-19-23/h3,7-8,10-13,18-20H,4-6,9,14-17H2,1-2H3/b8-3+,21-7+/t20-/m0/s1. The molecule has 0 amide bonds. The van der Waals surface area contributed by atoms with E-state index in [1.807, 2.05) is 12.3 Å². The molecule has 152 valence electrons. The highest BCUT2D eigenvalue weighted by atomic mass is 32.2. The van der Waals surface area contributed by atoms with Crippen molar-refractivity contribution in [3.8, 4) is 0 Å². The van der Waals surface area contributed by atoms with Crippen molar-refractivity contribution in [2.75, 3.05) is 11.5 Å². The second-order valence-corrected chi connectivity index (χ2v) is 11.1. The Morgan fingerprint density at radius 2 is 1.96 bits per heavy atom. The summed E-state index contributed by atoms with van der Waals surface area (Å²) in [5.41, 5.74) is 3.98. The molecule has 0 spiro atoms. The fraction of sp³-hybridized carbons (Fsp3) is 0.500. The van der Waals surface area contributed by atoms with Gasteiger partial charge in [0.15, 0.2) is 0 Å². The van der Waals surface area contributed by atoms with E-state index in [2.05, 4.69) is 61.7 Å². The van der Waals surface area contributed by atoms with E-state index in [1.165, 1.54) is 41.9 Å². The molecule has 0 bridgehead atoms. The Hall–Kier alpha value is -1.26. The van der Waals surface area contributed by atoms with Crippen molar-refractivity contribution in [2.24, 2.45) is 5.92 Å². The summed E-state index contributed by atoms with van der Waals surface area (Å²) in [7, 11) is 0. The predicted molar refractivity (Wildman–Crippen MR) is 124 cm³/mol. The summed E-state index contributed by atoms with van der Waals surface area (Å²) in [5.74, 6) is 3.28. The molecule has 0 saturated carbocycles. The monoisotopic (exact) mass is 416 g/mol. The van der Waals surface area contributed by atoms with Gasteiger partial charge in [0.05, 0.1) is 29.1 Å². The van der Waals surface area contributed by atoms with Crippen LogP contribution < -0.4 is 0 Å². The SMILES string of the molecule is C/C(=C\CCc1ccoc1)CC1(C[C@@H](C)C/C=C/c2ccoc2)SCCCS1. The van der Waals surface area contributed by atoms with Crippen molar-refractivity contribution < 1.29 is 8.83 Å². The molecule has 2 nitrogen and oxygen atoms in total. The molecular weight excluding hydrogens is 384 g/mol. The molecule has 0 radical (unpaired) electrons. The van der Waals surface area contributed by atoms with Crippen LogP contribution in [0.1, 0.15) is 57.1 Å². The van der Waals surface area contributed by atoms with Crippen molar-refractivity contribution >= 4 is 29.6 Å². The van der Waals surface area contributed by atoms with Crippen molar-refractivity contribution in [2.45, 2.75) is 56.5 Å². The third kappa shape index (κ3) is 6.97. The summed E-state index contributed by atoms with van der Waals surface area (Å²) in [6.07, 6.45) is 21.2. The molecule has 3 heterocycles. The Labute approximate surface area is 178 Å². The Balaban J connectivity index is 1.53. The van der Waals surface area contributed by atoms with E-state index < -0.39 is 0 Å². The number of furan rings is 2. The fourth-order valence-corrected chi connectivity index (χ4v) is 7.55. The maximum Gasteiger partial charge on any atom is 0.0974 e. The lowest BCUT2D eigenvalue weighted by atomic mass is 9.96. The first-order valence-corrected chi connectivity index (χ1v) is 12.3. The first-order valence-electron chi connectivity index (χ1n) is 10.3. The molecule has 0 aliphatic carbocycles. The average Bonchev–Trinajstić information content (AvgIpc) is 3.36. The molecule has 28 heavy (non-hydrogen) atoms. The predicted octanol–water partition coefficient (Wildman–Crippen LogP) is 7.84. The van der Waals surface area contributed by atoms with Crippen LogP contribution in [0.25, 0.3) is 6.08 Å². The number of rotatable bonds is 10. The van der Waals surface area contributed by atoms with E-state index in [-0.39, 0.29) is 0 Å². The highest BCUT2D eigenvalue weighted by Crippen LogP contribution is 2.50. The summed E-state index contributed by atoms with van der Waals surface area (Å²) in [5, 5.41) is 0. The van der Waals surface area contributed by atoms with Crippen molar-refractivity contribution in [1.82, 2.24) is 0 Å². The Kier molecular flexibility index (Phi) is 8.47. The molecule has 2 aromatic heterocycles. The zero-order valence-corrected chi connectivity index (χ0v) is 18.7. The quantitative estimate of drug-likeness (QED) is 0.368. The van der Waals surface area contributed by atoms with E-state index in [0.717, 1.165) is 24.8 Å². The van der Waals surface area contributed by atoms with E-state index in [1.54, 1.807) is 18.8 Å². The van der Waals surface area contributed by atoms with E-state index in [0.29, 0.717) is 10.00 Å². The van der Waals surface area contributed by atoms with E-state index in [9.17, 15) is 0 Å². The largest absolute Gasteiger partial charge is 0.472 e. The lowest BCUT2D eigenvalue weighted by Crippen LogP contribution is -2.28. The maximum absolute atomic E-state index is 5.17. The third-order valence-corrected chi connectivity index (χ3v) is 8.49. The van der Waals surface area contributed by atoms with Gasteiger partial charge in [0.2, 0.25) is 0 Å². The first kappa shape index (κ1) is 21.4. The maximum atomic E-state index is 5.17. The Morgan fingerprint density at radius 3 is 2.68 bits per heavy atom. The lowest BCUT2D eigenvalue weighted by molar-refractivity contribution is 0.504. The summed E-state index contributed by atoms with van der Waals surface area (Å²) >= 11 is 4.40. The molecule has 1 fully saturated rings. The van der Waals surface area contributed by atoms with Gasteiger partial charge in [0.25, 0.3) is 0 Å². The number of thioether (sulfide) groups is 2. The highest BCUT2D eigenvalue weighted by molar-refractivity contribution is 8.18. The van der Waals surface area contributed by atoms with Crippen molar-refractivity contribution in [1.29, 1.82) is 0 Å². The Bertz CT molecular complexity index is 723. The van der Waals surface area contributed by atoms with Crippen molar-refractivity contribution in [3.63, 3.8) is 0 Å². The summed E-state index contributed by atoms with van der Waals surface area (Å²) in [6, 6.07) is 4.07. The number of aryl methyl sites for hydroxylation is 1. The second kappa shape index (κ2) is 11.1. The van der Waals surface area contributed by atoms with Crippen LogP contribution in [0.2, 0.25) is 0 Å². The van der Waals surface area contributed by atoms with Gasteiger partial charge in [-0.05, 0) is 80.6 Å². The topological polar surface area (TPSA) is 26.3 Å². The number of hydrogen-bond acceptors (Lipinski definition) is 4. The van der Waals surface area contributed by atoms with Gasteiger partial charge in [0, 0.05) is 5.56 Å². The molecular formula is C24H32O2S2. The van der Waals surface area contributed by atoms with Crippen LogP contribution >= 0.6 is 23.5 Å². The van der Waals surface area contributed by atoms with Gasteiger partial charge >= 0.3 is 0 Å². The molecule has 1 atom stereocenters. The minimum absolute atomic E-state index is 0.345. The van der Waals surface area contributed by atoms with Crippen molar-refractivity contribution in [3.05, 3.63) is 66.0 Å². The highest BCUT2D eigenvalue weighted by Gasteiger charge is 2.35. The van der Waals surface area contributed by atoms with Gasteiger partial charge in [-0.1, -0.05) is 30.7 Å². The van der Waals surface area contributed by atoms with Crippen LogP contribution in [0.3, 0.4) is 0 Å².